The van der Waals surface area contributed by atoms with Crippen LogP contribution in [0, 0.1) is 17.8 Å². The average molecular weight is 778 g/mol. The maximum absolute atomic E-state index is 14.9. The van der Waals surface area contributed by atoms with Gasteiger partial charge in [0.2, 0.25) is 5.88 Å². The average Bonchev–Trinajstić information content (AvgIpc) is 3.44. The largest absolute Gasteiger partial charge is 0.490 e. The van der Waals surface area contributed by atoms with E-state index in [0.29, 0.717) is 36.9 Å². The van der Waals surface area contributed by atoms with Crippen molar-refractivity contribution in [1.29, 1.82) is 0 Å². The van der Waals surface area contributed by atoms with Gasteiger partial charge in [-0.1, -0.05) is 30.7 Å². The van der Waals surface area contributed by atoms with Gasteiger partial charge in [-0.15, -0.1) is 9.46 Å². The van der Waals surface area contributed by atoms with E-state index in [1.165, 1.54) is 36.0 Å². The Morgan fingerprint density at radius 3 is 2.70 bits per heavy atom. The Hall–Kier alpha value is -4.36. The number of benzene rings is 2. The van der Waals surface area contributed by atoms with E-state index >= 15 is 0 Å². The maximum atomic E-state index is 14.9. The molecule has 2 aliphatic carbocycles. The number of ether oxygens (including phenoxy) is 3. The van der Waals surface area contributed by atoms with Crippen molar-refractivity contribution in [2.45, 2.75) is 76.1 Å². The standard InChI is InChI=1S/C40H48ClN5O7S/c1-24-8-6-10-35(53-26(3)47)31-14-11-29(31)20-46-22-40(17-7-9-27-18-30(41)13-15-33(27)40)23-52-36-16-12-28(19-34(36)46)37(48)43-54(50,25(24)2)44-38(49)32-21-45(4)42-39(32)51-5/h6,10,12-13,15-16,18-19,21,24-25,29,31,35H,7-9,11,14,17,20,22-23H2,1-5H3,(H,43,44,48,49,50)/b10-6-/t24-,25+,29-,31+,35-,40-,54?/m0/s1. The third kappa shape index (κ3) is 7.36. The predicted octanol–water partition coefficient (Wildman–Crippen LogP) is 6.45. The zero-order chi connectivity index (χ0) is 38.4. The lowest BCUT2D eigenvalue weighted by molar-refractivity contribution is -0.149. The minimum atomic E-state index is -3.74. The van der Waals surface area contributed by atoms with Gasteiger partial charge in [0.05, 0.1) is 24.7 Å². The number of aromatic nitrogens is 2. The molecule has 2 bridgehead atoms. The summed E-state index contributed by atoms with van der Waals surface area (Å²) in [6, 6.07) is 11.3. The second kappa shape index (κ2) is 15.1. The number of anilines is 1. The van der Waals surface area contributed by atoms with Gasteiger partial charge in [0.1, 0.15) is 27.3 Å². The molecule has 4 aliphatic rings. The van der Waals surface area contributed by atoms with E-state index in [0.717, 1.165) is 37.8 Å². The molecule has 1 N–H and O–H groups in total. The highest BCUT2D eigenvalue weighted by molar-refractivity contribution is 7.93. The summed E-state index contributed by atoms with van der Waals surface area (Å²) >= 11 is 6.46. The van der Waals surface area contributed by atoms with Gasteiger partial charge in [-0.25, -0.2) is 4.21 Å². The van der Waals surface area contributed by atoms with Gasteiger partial charge < -0.3 is 19.1 Å². The van der Waals surface area contributed by atoms with Crippen LogP contribution < -0.4 is 19.1 Å². The molecule has 12 nitrogen and oxygen atoms in total. The van der Waals surface area contributed by atoms with Crippen molar-refractivity contribution in [3.63, 3.8) is 0 Å². The number of methoxy groups -OCH3 is 1. The van der Waals surface area contributed by atoms with E-state index in [1.807, 2.05) is 25.1 Å². The van der Waals surface area contributed by atoms with Crippen LogP contribution in [0.2, 0.25) is 5.02 Å². The van der Waals surface area contributed by atoms with Crippen LogP contribution in [0.1, 0.15) is 84.7 Å². The Kier molecular flexibility index (Phi) is 10.6. The molecule has 54 heavy (non-hydrogen) atoms. The van der Waals surface area contributed by atoms with Gasteiger partial charge in [0.15, 0.2) is 0 Å². The number of allylic oxidation sites excluding steroid dienone is 1. The topological polar surface area (TPSA) is 141 Å². The van der Waals surface area contributed by atoms with Crippen molar-refractivity contribution in [2.24, 2.45) is 29.2 Å². The molecule has 7 rings (SSSR count). The summed E-state index contributed by atoms with van der Waals surface area (Å²) < 4.78 is 41.2. The molecule has 1 saturated carbocycles. The molecular formula is C40H48ClN5O7S. The van der Waals surface area contributed by atoms with Crippen LogP contribution in [-0.4, -0.2) is 69.9 Å². The number of esters is 1. The predicted molar refractivity (Wildman–Crippen MR) is 206 cm³/mol. The monoisotopic (exact) mass is 777 g/mol. The number of aryl methyl sites for hydroxylation is 2. The number of rotatable bonds is 4. The first-order valence-corrected chi connectivity index (χ1v) is 20.6. The summed E-state index contributed by atoms with van der Waals surface area (Å²) in [5.74, 6) is -1.10. The summed E-state index contributed by atoms with van der Waals surface area (Å²) in [5, 5.41) is 4.09. The molecule has 1 aromatic heterocycles. The molecule has 3 heterocycles. The first-order valence-electron chi connectivity index (χ1n) is 18.6. The van der Waals surface area contributed by atoms with E-state index in [2.05, 4.69) is 31.2 Å². The zero-order valence-corrected chi connectivity index (χ0v) is 33.0. The van der Waals surface area contributed by atoms with Gasteiger partial charge in [-0.3, -0.25) is 23.8 Å². The summed E-state index contributed by atoms with van der Waals surface area (Å²) in [7, 11) is -0.710. The molecule has 3 aromatic rings. The third-order valence-electron chi connectivity index (χ3n) is 11.8. The van der Waals surface area contributed by atoms with Crippen LogP contribution in [-0.2, 0) is 38.3 Å². The molecule has 1 fully saturated rings. The highest BCUT2D eigenvalue weighted by atomic mass is 35.5. The number of nitrogens with one attached hydrogen (secondary N) is 1. The number of hydrogen-bond acceptors (Lipinski definition) is 9. The van der Waals surface area contributed by atoms with Crippen molar-refractivity contribution >= 4 is 45.0 Å². The minimum absolute atomic E-state index is 0.0549. The fourth-order valence-electron chi connectivity index (χ4n) is 8.52. The van der Waals surface area contributed by atoms with Gasteiger partial charge in [0.25, 0.3) is 11.8 Å². The third-order valence-corrected chi connectivity index (χ3v) is 14.4. The number of nitrogens with zero attached hydrogens (tertiary/aromatic N) is 4. The number of halogens is 1. The number of hydrogen-bond donors (Lipinski definition) is 1. The fourth-order valence-corrected chi connectivity index (χ4v) is 10.6. The van der Waals surface area contributed by atoms with Crippen molar-refractivity contribution in [3.8, 4) is 11.6 Å². The fraction of sp³-hybridized carbons (Fsp3) is 0.500. The van der Waals surface area contributed by atoms with Gasteiger partial charge in [-0.2, -0.15) is 0 Å². The highest BCUT2D eigenvalue weighted by Crippen LogP contribution is 2.47. The van der Waals surface area contributed by atoms with Crippen molar-refractivity contribution < 1.29 is 32.8 Å². The van der Waals surface area contributed by atoms with Crippen LogP contribution in [0.4, 0.5) is 5.69 Å². The molecule has 1 spiro atoms. The molecular weight excluding hydrogens is 730 g/mol. The quantitative estimate of drug-likeness (QED) is 0.234. The van der Waals surface area contributed by atoms with Crippen molar-refractivity contribution in [1.82, 2.24) is 14.5 Å². The molecule has 2 amide bonds. The number of carbonyl (C=O) groups is 3. The van der Waals surface area contributed by atoms with Crippen LogP contribution >= 0.6 is 11.6 Å². The lowest BCUT2D eigenvalue weighted by Gasteiger charge is -2.46. The minimum Gasteiger partial charge on any atom is -0.490 e. The molecule has 0 radical (unpaired) electrons. The number of fused-ring (bicyclic) bond motifs is 4. The zero-order valence-electron chi connectivity index (χ0n) is 31.4. The normalized spacial score (nSPS) is 30.0. The summed E-state index contributed by atoms with van der Waals surface area (Å²) in [6.07, 6.45) is 10.1. The lowest BCUT2D eigenvalue weighted by atomic mass is 9.68. The Labute approximate surface area is 321 Å². The Morgan fingerprint density at radius 2 is 1.96 bits per heavy atom. The van der Waals surface area contributed by atoms with Crippen LogP contribution in [0.3, 0.4) is 0 Å². The molecule has 288 valence electrons. The van der Waals surface area contributed by atoms with Crippen molar-refractivity contribution in [2.75, 3.05) is 31.7 Å². The first kappa shape index (κ1) is 37.9. The van der Waals surface area contributed by atoms with Gasteiger partial charge >= 0.3 is 5.97 Å². The van der Waals surface area contributed by atoms with Crippen LogP contribution in [0.15, 0.2) is 59.1 Å². The molecule has 14 heteroatoms. The summed E-state index contributed by atoms with van der Waals surface area (Å²) in [6.45, 7) is 6.77. The molecule has 2 aliphatic heterocycles. The van der Waals surface area contributed by atoms with Crippen LogP contribution in [0.25, 0.3) is 0 Å². The van der Waals surface area contributed by atoms with E-state index in [9.17, 15) is 18.6 Å². The lowest BCUT2D eigenvalue weighted by Crippen LogP contribution is -2.49. The molecule has 0 saturated heterocycles. The van der Waals surface area contributed by atoms with E-state index < -0.39 is 33.1 Å². The van der Waals surface area contributed by atoms with E-state index in [4.69, 9.17) is 25.8 Å². The Morgan fingerprint density at radius 1 is 1.15 bits per heavy atom. The second-order valence-corrected chi connectivity index (χ2v) is 18.0. The molecule has 1 unspecified atom stereocenters. The smallest absolute Gasteiger partial charge is 0.303 e. The highest BCUT2D eigenvalue weighted by Gasteiger charge is 2.45. The van der Waals surface area contributed by atoms with Gasteiger partial charge in [0, 0.05) is 55.2 Å². The van der Waals surface area contributed by atoms with Gasteiger partial charge in [-0.05, 0) is 105 Å². The van der Waals surface area contributed by atoms with E-state index in [-0.39, 0.29) is 46.1 Å². The van der Waals surface area contributed by atoms with Crippen molar-refractivity contribution in [3.05, 3.63) is 82.0 Å². The maximum Gasteiger partial charge on any atom is 0.303 e. The molecule has 2 aromatic carbocycles. The molecule has 7 atom stereocenters. The first-order chi connectivity index (χ1) is 25.8. The Bertz CT molecular complexity index is 2130. The van der Waals surface area contributed by atoms with Crippen LogP contribution in [0.5, 0.6) is 11.6 Å². The number of amides is 2. The number of carbonyl (C=O) groups excluding carboxylic acids is 3. The second-order valence-electron chi connectivity index (χ2n) is 15.3. The summed E-state index contributed by atoms with van der Waals surface area (Å²) in [4.78, 5) is 42.6. The van der Waals surface area contributed by atoms with E-state index in [1.54, 1.807) is 32.2 Å². The Balaban J connectivity index is 1.34. The SMILES string of the molecule is COc1nn(C)cc1C(=O)NS1(=O)=NC(=O)c2ccc3c(c2)N(C[C@@H]2CC[C@H]2[C@@H](OC(C)=O)/C=C\C[C@H](C)[C@H]1C)C[C@@]1(CCCc2cc(Cl)ccc21)CO3. The summed E-state index contributed by atoms with van der Waals surface area (Å²) in [5.41, 5.74) is 3.14.